The number of hydrogen-bond acceptors (Lipinski definition) is 5. The van der Waals surface area contributed by atoms with Gasteiger partial charge in [0.2, 0.25) is 5.88 Å². The maximum absolute atomic E-state index is 8.85. The van der Waals surface area contributed by atoms with Gasteiger partial charge in [-0.1, -0.05) is 23.4 Å². The molecule has 2 aromatic rings. The van der Waals surface area contributed by atoms with Crippen LogP contribution in [0.5, 0.6) is 5.88 Å². The summed E-state index contributed by atoms with van der Waals surface area (Å²) in [7, 11) is 0. The molecule has 1 aromatic carbocycles. The summed E-state index contributed by atoms with van der Waals surface area (Å²) in [4.78, 5) is 4.39. The van der Waals surface area contributed by atoms with Crippen LogP contribution in [0.1, 0.15) is 12.5 Å². The summed E-state index contributed by atoms with van der Waals surface area (Å²) in [5.41, 5.74) is 6.91. The molecule has 1 heterocycles. The van der Waals surface area contributed by atoms with Crippen LogP contribution < -0.4 is 10.5 Å². The summed E-state index contributed by atoms with van der Waals surface area (Å²) in [6.45, 7) is 3.35. The van der Waals surface area contributed by atoms with E-state index >= 15 is 0 Å². The molecule has 106 valence electrons. The Morgan fingerprint density at radius 1 is 1.35 bits per heavy atom. The van der Waals surface area contributed by atoms with E-state index in [1.165, 1.54) is 0 Å². The van der Waals surface area contributed by atoms with Crippen LogP contribution in [-0.4, -0.2) is 35.8 Å². The summed E-state index contributed by atoms with van der Waals surface area (Å²) in [6.07, 6.45) is 0. The highest BCUT2D eigenvalue weighted by Gasteiger charge is 2.12. The summed E-state index contributed by atoms with van der Waals surface area (Å²) in [6, 6.07) is 9.35. The van der Waals surface area contributed by atoms with E-state index < -0.39 is 0 Å². The number of hydrogen-bond donors (Lipinski definition) is 2. The zero-order valence-electron chi connectivity index (χ0n) is 11.2. The smallest absolute Gasteiger partial charge is 0.225 e. The van der Waals surface area contributed by atoms with E-state index in [4.69, 9.17) is 20.4 Å². The molecule has 0 spiro atoms. The van der Waals surface area contributed by atoms with Crippen LogP contribution >= 0.6 is 0 Å². The van der Waals surface area contributed by atoms with Crippen molar-refractivity contribution in [2.24, 2.45) is 10.9 Å². The average Bonchev–Trinajstić information content (AvgIpc) is 2.50. The Morgan fingerprint density at radius 2 is 2.15 bits per heavy atom. The van der Waals surface area contributed by atoms with Gasteiger partial charge >= 0.3 is 0 Å². The third-order valence-corrected chi connectivity index (χ3v) is 2.74. The van der Waals surface area contributed by atoms with Crippen molar-refractivity contribution in [3.8, 4) is 5.88 Å². The van der Waals surface area contributed by atoms with Crippen LogP contribution in [0.4, 0.5) is 0 Å². The topological polar surface area (TPSA) is 90.0 Å². The van der Waals surface area contributed by atoms with E-state index in [0.717, 1.165) is 10.9 Å². The molecule has 0 saturated heterocycles. The van der Waals surface area contributed by atoms with Gasteiger partial charge in [-0.3, -0.25) is 0 Å². The van der Waals surface area contributed by atoms with Gasteiger partial charge in [0.05, 0.1) is 17.7 Å². The van der Waals surface area contributed by atoms with Crippen LogP contribution in [0.15, 0.2) is 35.5 Å². The molecule has 0 aliphatic rings. The van der Waals surface area contributed by atoms with Gasteiger partial charge in [-0.2, -0.15) is 0 Å². The monoisotopic (exact) mass is 275 g/mol. The molecule has 0 bridgehead atoms. The number of oxime groups is 1. The number of rotatable bonds is 6. The van der Waals surface area contributed by atoms with Gasteiger partial charge in [-0.25, -0.2) is 4.98 Å². The zero-order valence-corrected chi connectivity index (χ0v) is 11.2. The molecular formula is C14H17N3O3. The third-order valence-electron chi connectivity index (χ3n) is 2.74. The van der Waals surface area contributed by atoms with Gasteiger partial charge in [0.1, 0.15) is 6.61 Å². The second-order valence-corrected chi connectivity index (χ2v) is 4.06. The number of nitrogens with two attached hydrogens (primary N) is 1. The highest BCUT2D eigenvalue weighted by atomic mass is 16.5. The van der Waals surface area contributed by atoms with Crippen LogP contribution in [0.2, 0.25) is 0 Å². The van der Waals surface area contributed by atoms with Gasteiger partial charge in [0.15, 0.2) is 5.84 Å². The fourth-order valence-corrected chi connectivity index (χ4v) is 1.79. The Labute approximate surface area is 116 Å². The largest absolute Gasteiger partial charge is 0.475 e. The van der Waals surface area contributed by atoms with E-state index in [9.17, 15) is 0 Å². The molecule has 6 nitrogen and oxygen atoms in total. The van der Waals surface area contributed by atoms with Gasteiger partial charge in [0, 0.05) is 12.0 Å². The maximum atomic E-state index is 8.85. The Morgan fingerprint density at radius 3 is 2.90 bits per heavy atom. The molecule has 3 N–H and O–H groups in total. The first-order valence-corrected chi connectivity index (χ1v) is 6.34. The highest BCUT2D eigenvalue weighted by Crippen LogP contribution is 2.22. The number of nitrogens with zero attached hydrogens (tertiary/aromatic N) is 2. The SMILES string of the molecule is CCOCCOc1nc2ccccc2cc1C(N)=NO. The second kappa shape index (κ2) is 6.72. The fourth-order valence-electron chi connectivity index (χ4n) is 1.79. The van der Waals surface area contributed by atoms with Crippen LogP contribution in [0, 0.1) is 0 Å². The van der Waals surface area contributed by atoms with Crippen LogP contribution in [-0.2, 0) is 4.74 Å². The van der Waals surface area contributed by atoms with E-state index in [1.54, 1.807) is 6.07 Å². The summed E-state index contributed by atoms with van der Waals surface area (Å²) in [5, 5.41) is 12.8. The average molecular weight is 275 g/mol. The lowest BCUT2D eigenvalue weighted by Gasteiger charge is -2.11. The van der Waals surface area contributed by atoms with E-state index in [0.29, 0.717) is 31.3 Å². The minimum atomic E-state index is -0.0327. The molecular weight excluding hydrogens is 258 g/mol. The minimum absolute atomic E-state index is 0.0327. The van der Waals surface area contributed by atoms with Crippen LogP contribution in [0.3, 0.4) is 0 Å². The predicted molar refractivity (Wildman–Crippen MR) is 76.2 cm³/mol. The molecule has 2 rings (SSSR count). The van der Waals surface area contributed by atoms with Crippen LogP contribution in [0.25, 0.3) is 10.9 Å². The Balaban J connectivity index is 2.33. The molecule has 0 aliphatic heterocycles. The van der Waals surface area contributed by atoms with Crippen molar-refractivity contribution in [3.63, 3.8) is 0 Å². The number of pyridine rings is 1. The van der Waals surface area contributed by atoms with Crippen molar-refractivity contribution in [1.82, 2.24) is 4.98 Å². The van der Waals surface area contributed by atoms with Crippen molar-refractivity contribution >= 4 is 16.7 Å². The number of ether oxygens (including phenoxy) is 2. The number of amidine groups is 1. The van der Waals surface area contributed by atoms with Crippen molar-refractivity contribution in [3.05, 3.63) is 35.9 Å². The lowest BCUT2D eigenvalue weighted by atomic mass is 10.1. The summed E-state index contributed by atoms with van der Waals surface area (Å²) >= 11 is 0. The van der Waals surface area contributed by atoms with Crippen molar-refractivity contribution in [2.45, 2.75) is 6.92 Å². The van der Waals surface area contributed by atoms with E-state index in [-0.39, 0.29) is 5.84 Å². The molecule has 0 radical (unpaired) electrons. The summed E-state index contributed by atoms with van der Waals surface area (Å²) in [5.74, 6) is 0.299. The Hall–Kier alpha value is -2.34. The number of fused-ring (bicyclic) bond motifs is 1. The van der Waals surface area contributed by atoms with E-state index in [1.807, 2.05) is 31.2 Å². The van der Waals surface area contributed by atoms with Crippen molar-refractivity contribution < 1.29 is 14.7 Å². The molecule has 6 heteroatoms. The standard InChI is InChI=1S/C14H17N3O3/c1-2-19-7-8-20-14-11(13(15)17-18)9-10-5-3-4-6-12(10)16-14/h3-6,9,18H,2,7-8H2,1H3,(H2,15,17). The first-order chi connectivity index (χ1) is 9.76. The fraction of sp³-hybridized carbons (Fsp3) is 0.286. The minimum Gasteiger partial charge on any atom is -0.475 e. The van der Waals surface area contributed by atoms with Crippen molar-refractivity contribution in [1.29, 1.82) is 0 Å². The second-order valence-electron chi connectivity index (χ2n) is 4.06. The zero-order chi connectivity index (χ0) is 14.4. The molecule has 20 heavy (non-hydrogen) atoms. The first-order valence-electron chi connectivity index (χ1n) is 6.34. The molecule has 0 atom stereocenters. The molecule has 0 aliphatic carbocycles. The van der Waals surface area contributed by atoms with Gasteiger partial charge in [0.25, 0.3) is 0 Å². The Kier molecular flexibility index (Phi) is 4.73. The predicted octanol–water partition coefficient (Wildman–Crippen LogP) is 1.74. The molecule has 0 amide bonds. The molecule has 1 aromatic heterocycles. The normalized spacial score (nSPS) is 11.8. The van der Waals surface area contributed by atoms with Gasteiger partial charge < -0.3 is 20.4 Å². The third kappa shape index (κ3) is 3.16. The lowest BCUT2D eigenvalue weighted by molar-refractivity contribution is 0.108. The maximum Gasteiger partial charge on any atom is 0.225 e. The molecule has 0 saturated carbocycles. The highest BCUT2D eigenvalue weighted by molar-refractivity contribution is 6.02. The molecule has 0 fully saturated rings. The number of aromatic nitrogens is 1. The molecule has 0 unspecified atom stereocenters. The first kappa shape index (κ1) is 14.1. The lowest BCUT2D eigenvalue weighted by Crippen LogP contribution is -2.17. The van der Waals surface area contributed by atoms with E-state index in [2.05, 4.69) is 10.1 Å². The van der Waals surface area contributed by atoms with Crippen molar-refractivity contribution in [2.75, 3.05) is 19.8 Å². The number of benzene rings is 1. The van der Waals surface area contributed by atoms with Gasteiger partial charge in [-0.05, 0) is 19.1 Å². The van der Waals surface area contributed by atoms with Gasteiger partial charge in [-0.15, -0.1) is 0 Å². The number of para-hydroxylation sites is 1. The quantitative estimate of drug-likeness (QED) is 0.275. The summed E-state index contributed by atoms with van der Waals surface area (Å²) < 4.78 is 10.8. The Bertz CT molecular complexity index is 614.